The number of esters is 1. The number of phenols is 3. The zero-order valence-corrected chi connectivity index (χ0v) is 38.8. The van der Waals surface area contributed by atoms with Crippen LogP contribution in [0.3, 0.4) is 0 Å². The number of allylic oxidation sites excluding steroid dienone is 3. The standard InChI is InChI=1S/C20H27NO5.C15H21NO4.C7H7NO3.C6H9ClO.CH4.3H2/c1-4-5-6-7-19(24)21-16(10-13(2)3)18(23)12-14-8-9-17(22)15(11-14)20(25)26;1-9(2)6-12(16)14(18)8-10-4-5-13(17)11(7-10)15(19)20-3;8-4-1-2-6(9)5(3-4)7(10)11;1-2-3-4-5-6(7)8;;;;/h5-6,8-9,11,13,16,22H,4,7,10,12H2,1-3H3,(H,21,24)(H,25,26);4-5,7,9,12,17H,6,8,16H2,1-3H3;1-3,9H,8H2,(H,10,11);3-4H,2,5H2,1H3;1H4;3*1H/b6-5-;;;4-3-;;;;/i;;;;;1+2T;1+1D;1+1. The fraction of sp³-hybridized carbons (Fsp3) is 0.408. The van der Waals surface area contributed by atoms with Crippen LogP contribution in [0.25, 0.3) is 0 Å². The number of carboxylic acid groups (broad SMARTS) is 2. The van der Waals surface area contributed by atoms with Crippen molar-refractivity contribution in [2.75, 3.05) is 12.8 Å². The van der Waals surface area contributed by atoms with E-state index in [4.69, 9.17) is 44.3 Å². The van der Waals surface area contributed by atoms with E-state index in [2.05, 4.69) is 10.1 Å². The fourth-order valence-corrected chi connectivity index (χ4v) is 5.64. The summed E-state index contributed by atoms with van der Waals surface area (Å²) in [6.45, 7) is 11.9. The average Bonchev–Trinajstić information content (AvgIpc) is 3.29. The van der Waals surface area contributed by atoms with Crippen LogP contribution in [-0.4, -0.2) is 85.4 Å². The molecule has 0 aliphatic carbocycles. The van der Waals surface area contributed by atoms with Gasteiger partial charge in [-0.1, -0.05) is 85.4 Å². The minimum absolute atomic E-state index is 0. The Morgan fingerprint density at radius 3 is 1.61 bits per heavy atom. The highest BCUT2D eigenvalue weighted by molar-refractivity contribution is 6.63. The number of nitrogen functional groups attached to an aromatic ring is 1. The molecule has 0 spiro atoms. The van der Waals surface area contributed by atoms with Gasteiger partial charge >= 0.3 is 17.9 Å². The van der Waals surface area contributed by atoms with Crippen molar-refractivity contribution >= 4 is 57.9 Å². The second-order valence-corrected chi connectivity index (χ2v) is 15.8. The molecule has 0 saturated carbocycles. The summed E-state index contributed by atoms with van der Waals surface area (Å²) < 4.78 is 24.6. The van der Waals surface area contributed by atoms with Gasteiger partial charge < -0.3 is 47.1 Å². The summed E-state index contributed by atoms with van der Waals surface area (Å²) >= 11 is 5.02. The molecule has 2 atom stereocenters. The Morgan fingerprint density at radius 1 is 0.727 bits per heavy atom. The monoisotopic (exact) mass is 955 g/mol. The Bertz CT molecular complexity index is 2140. The highest BCUT2D eigenvalue weighted by atomic mass is 35.5. The second kappa shape index (κ2) is 33.0. The van der Waals surface area contributed by atoms with E-state index in [1.165, 1.54) is 55.6 Å². The lowest BCUT2D eigenvalue weighted by Gasteiger charge is -2.19. The maximum absolute atomic E-state index is 12.6. The van der Waals surface area contributed by atoms with E-state index in [0.29, 0.717) is 42.0 Å². The summed E-state index contributed by atoms with van der Waals surface area (Å²) in [5.74, 6) is -3.79. The Labute approximate surface area is 400 Å². The summed E-state index contributed by atoms with van der Waals surface area (Å²) in [6, 6.07) is 11.2. The van der Waals surface area contributed by atoms with Crippen molar-refractivity contribution in [1.29, 1.82) is 0 Å². The first kappa shape index (κ1) is 57.5. The number of carbonyl (C=O) groups is 7. The molecule has 3 rings (SSSR count). The second-order valence-electron chi connectivity index (χ2n) is 15.4. The van der Waals surface area contributed by atoms with Crippen molar-refractivity contribution in [3.8, 4) is 17.2 Å². The molecule has 17 heteroatoms. The van der Waals surface area contributed by atoms with Gasteiger partial charge in [-0.3, -0.25) is 19.2 Å². The minimum atomic E-state index is -1.26. The van der Waals surface area contributed by atoms with E-state index in [-0.39, 0.29) is 90.7 Å². The zero-order chi connectivity index (χ0) is 53.8. The topological polar surface area (TPSA) is 294 Å². The van der Waals surface area contributed by atoms with Crippen molar-refractivity contribution in [3.63, 3.8) is 0 Å². The average molecular weight is 956 g/mol. The van der Waals surface area contributed by atoms with Crippen molar-refractivity contribution in [2.45, 2.75) is 112 Å². The Morgan fingerprint density at radius 2 is 1.17 bits per heavy atom. The van der Waals surface area contributed by atoms with E-state index in [1.54, 1.807) is 18.2 Å². The molecule has 0 fully saturated rings. The first-order valence-corrected chi connectivity index (χ1v) is 21.2. The van der Waals surface area contributed by atoms with Crippen LogP contribution in [0.2, 0.25) is 0 Å². The maximum atomic E-state index is 12.6. The molecule has 3 aromatic carbocycles. The van der Waals surface area contributed by atoms with Crippen molar-refractivity contribution in [3.05, 3.63) is 107 Å². The molecule has 0 aliphatic rings. The number of carboxylic acids is 2. The van der Waals surface area contributed by atoms with E-state index < -0.39 is 30.0 Å². The smallest absolute Gasteiger partial charge is 0.341 e. The number of rotatable bonds is 20. The number of ketones is 2. The number of benzene rings is 3. The third-order valence-electron chi connectivity index (χ3n) is 8.72. The lowest BCUT2D eigenvalue weighted by Crippen LogP contribution is -2.42. The van der Waals surface area contributed by atoms with Crippen LogP contribution in [0.4, 0.5) is 5.69 Å². The molecule has 66 heavy (non-hydrogen) atoms. The number of methoxy groups -OCH3 is 1. The Balaban J connectivity index is -0.000000285. The lowest BCUT2D eigenvalue weighted by atomic mass is 9.95. The number of ether oxygens (including phenoxy) is 1. The van der Waals surface area contributed by atoms with Crippen molar-refractivity contribution < 1.29 is 71.2 Å². The van der Waals surface area contributed by atoms with E-state index in [0.717, 1.165) is 12.8 Å². The maximum Gasteiger partial charge on any atom is 0.341 e. The largest absolute Gasteiger partial charge is 0.507 e. The fourth-order valence-electron chi connectivity index (χ4n) is 5.55. The van der Waals surface area contributed by atoms with Gasteiger partial charge in [0.05, 0.1) is 19.2 Å². The molecule has 10 N–H and O–H groups in total. The van der Waals surface area contributed by atoms with Crippen molar-refractivity contribution in [2.24, 2.45) is 17.6 Å². The normalized spacial score (nSPS) is 11.6. The quantitative estimate of drug-likeness (QED) is 0.0172. The van der Waals surface area contributed by atoms with Crippen LogP contribution < -0.4 is 16.8 Å². The number of phenolic OH excluding ortho intramolecular Hbond substituents is 1. The number of anilines is 1. The SMILES string of the molecule is C.CC/C=C\CC(=O)Cl.CC/C=C\CC(=O)NC(CC(C)C)C(=O)Cc1ccc(O)c(C(=O)O)c1.COC(=O)c1cc(CC(=O)C(N)CC(C)C)ccc1O.Nc1ccc(O)c(C(=O)O)c1.[2HH].[2H][2H].[3H][3H]. The molecule has 2 unspecified atom stereocenters. The number of hydrogen-bond donors (Lipinski definition) is 8. The highest BCUT2D eigenvalue weighted by Crippen LogP contribution is 2.22. The number of aromatic hydroxyl groups is 3. The predicted octanol–water partition coefficient (Wildman–Crippen LogP) is 8.91. The third-order valence-corrected chi connectivity index (χ3v) is 8.88. The number of hydrogen-bond acceptors (Lipinski definition) is 13. The molecule has 0 bridgehead atoms. The summed E-state index contributed by atoms with van der Waals surface area (Å²) in [5.41, 5.74) is 12.2. The van der Waals surface area contributed by atoms with Gasteiger partial charge in [0.2, 0.25) is 11.1 Å². The van der Waals surface area contributed by atoms with E-state index in [1.807, 2.05) is 53.7 Å². The van der Waals surface area contributed by atoms with Crippen LogP contribution >= 0.6 is 11.6 Å². The minimum Gasteiger partial charge on any atom is -0.507 e. The molecule has 1 amide bonds. The zero-order valence-electron chi connectivity index (χ0n) is 42.0. The Kier molecular flexibility index (Phi) is 28.8. The van der Waals surface area contributed by atoms with Gasteiger partial charge in [0.25, 0.3) is 0 Å². The molecule has 0 aliphatic heterocycles. The molecule has 0 saturated heterocycles. The van der Waals surface area contributed by atoms with E-state index >= 15 is 0 Å². The van der Waals surface area contributed by atoms with E-state index in [9.17, 15) is 43.8 Å². The molecule has 3 aromatic rings. The van der Waals surface area contributed by atoms with Gasteiger partial charge in [0, 0.05) is 38.7 Å². The van der Waals surface area contributed by atoms with Gasteiger partial charge in [-0.05, 0) is 103 Å². The molecule has 0 aromatic heterocycles. The molecule has 16 nitrogen and oxygen atoms in total. The number of carbonyl (C=O) groups excluding carboxylic acids is 5. The molecule has 370 valence electrons. The van der Waals surface area contributed by atoms with Crippen LogP contribution in [0.5, 0.6) is 17.2 Å². The summed E-state index contributed by atoms with van der Waals surface area (Å²) in [6.07, 6.45) is 11.0. The molecular formula is C49H74ClN3O13. The Hall–Kier alpha value is -6.52. The van der Waals surface area contributed by atoms with Crippen LogP contribution in [0, 0.1) is 11.8 Å². The number of amides is 1. The van der Waals surface area contributed by atoms with Crippen LogP contribution in [0.1, 0.15) is 137 Å². The lowest BCUT2D eigenvalue weighted by molar-refractivity contribution is -0.127. The predicted molar refractivity (Wildman–Crippen MR) is 262 cm³/mol. The van der Waals surface area contributed by atoms with Gasteiger partial charge in [-0.2, -0.15) is 0 Å². The first-order valence-electron chi connectivity index (χ1n) is 22.8. The van der Waals surface area contributed by atoms with Crippen molar-refractivity contribution in [1.82, 2.24) is 5.32 Å². The third kappa shape index (κ3) is 25.7. The van der Waals surface area contributed by atoms with Crippen LogP contribution in [-0.2, 0) is 36.8 Å². The summed E-state index contributed by atoms with van der Waals surface area (Å²) in [5, 5.41) is 48.1. The highest BCUT2D eigenvalue weighted by Gasteiger charge is 2.23. The first-order chi connectivity index (χ1) is 32.5. The number of aromatic carboxylic acids is 2. The number of halogens is 1. The number of nitrogens with two attached hydrogens (primary N) is 2. The molecule has 0 radical (unpaired) electrons. The number of nitrogens with one attached hydrogen (secondary N) is 1. The van der Waals surface area contributed by atoms with Gasteiger partial charge in [-0.15, -0.1) is 0 Å². The van der Waals surface area contributed by atoms with Crippen LogP contribution in [0.15, 0.2) is 78.9 Å². The number of Topliss-reactive ketones (excluding diaryl/α,β-unsaturated/α-hetero) is 2. The van der Waals surface area contributed by atoms with Gasteiger partial charge in [-0.25, -0.2) is 14.4 Å². The van der Waals surface area contributed by atoms with Gasteiger partial charge in [0.15, 0.2) is 11.6 Å². The molecule has 0 heterocycles. The summed E-state index contributed by atoms with van der Waals surface area (Å²) in [7, 11) is 1.23. The molecular weight excluding hydrogens is 874 g/mol. The van der Waals surface area contributed by atoms with Gasteiger partial charge in [0.1, 0.15) is 33.9 Å². The summed E-state index contributed by atoms with van der Waals surface area (Å²) in [4.78, 5) is 79.6.